The van der Waals surface area contributed by atoms with Gasteiger partial charge in [0, 0.05) is 12.7 Å². The zero-order valence-electron chi connectivity index (χ0n) is 8.88. The van der Waals surface area contributed by atoms with Crippen LogP contribution in [0.5, 0.6) is 0 Å². The van der Waals surface area contributed by atoms with E-state index in [9.17, 15) is 9.18 Å². The molecule has 2 rings (SSSR count). The summed E-state index contributed by atoms with van der Waals surface area (Å²) in [6.07, 6.45) is 3.24. The van der Waals surface area contributed by atoms with Gasteiger partial charge in [-0.3, -0.25) is 9.48 Å². The van der Waals surface area contributed by atoms with Gasteiger partial charge in [-0.05, 0) is 12.1 Å². The zero-order chi connectivity index (χ0) is 12.1. The van der Waals surface area contributed by atoms with Crippen molar-refractivity contribution in [3.8, 4) is 0 Å². The van der Waals surface area contributed by atoms with E-state index in [1.165, 1.54) is 18.2 Å². The van der Waals surface area contributed by atoms with E-state index in [1.54, 1.807) is 17.1 Å². The number of hydrogen-bond acceptors (Lipinski definition) is 4. The lowest BCUT2D eigenvalue weighted by Crippen LogP contribution is -2.28. The summed E-state index contributed by atoms with van der Waals surface area (Å²) in [7, 11) is 0. The molecule has 88 valence electrons. The van der Waals surface area contributed by atoms with Gasteiger partial charge in [0.2, 0.25) is 5.95 Å². The Bertz CT molecular complexity index is 499. The predicted molar refractivity (Wildman–Crippen MR) is 56.6 cm³/mol. The van der Waals surface area contributed by atoms with Crippen molar-refractivity contribution in [3.63, 3.8) is 0 Å². The molecule has 2 heterocycles. The van der Waals surface area contributed by atoms with Crippen LogP contribution in [0.4, 0.5) is 4.39 Å². The standard InChI is InChI=1S/C10H10FN5O/c11-9-3-1-2-8(14-9)10(17)12-4-6-16-7-5-13-15-16/h1-3,5,7H,4,6H2,(H,12,17). The van der Waals surface area contributed by atoms with Crippen molar-refractivity contribution in [1.29, 1.82) is 0 Å². The molecule has 2 aromatic rings. The molecule has 0 fully saturated rings. The van der Waals surface area contributed by atoms with E-state index in [0.29, 0.717) is 13.1 Å². The molecule has 0 atom stereocenters. The van der Waals surface area contributed by atoms with E-state index in [2.05, 4.69) is 20.6 Å². The number of carbonyl (C=O) groups is 1. The first-order valence-corrected chi connectivity index (χ1v) is 5.00. The second-order valence-electron chi connectivity index (χ2n) is 3.27. The Kier molecular flexibility index (Phi) is 3.39. The number of pyridine rings is 1. The van der Waals surface area contributed by atoms with Gasteiger partial charge in [-0.2, -0.15) is 4.39 Å². The monoisotopic (exact) mass is 235 g/mol. The average molecular weight is 235 g/mol. The van der Waals surface area contributed by atoms with E-state index < -0.39 is 11.9 Å². The molecule has 0 spiro atoms. The van der Waals surface area contributed by atoms with Crippen LogP contribution in [0.3, 0.4) is 0 Å². The number of aromatic nitrogens is 4. The predicted octanol–water partition coefficient (Wildman–Crippen LogP) is 0.242. The van der Waals surface area contributed by atoms with E-state index in [0.717, 1.165) is 0 Å². The smallest absolute Gasteiger partial charge is 0.270 e. The lowest BCUT2D eigenvalue weighted by Gasteiger charge is -2.04. The van der Waals surface area contributed by atoms with Crippen molar-refractivity contribution in [1.82, 2.24) is 25.3 Å². The molecule has 1 amide bonds. The van der Waals surface area contributed by atoms with E-state index in [-0.39, 0.29) is 5.69 Å². The summed E-state index contributed by atoms with van der Waals surface area (Å²) in [5.41, 5.74) is 0.0589. The van der Waals surface area contributed by atoms with Gasteiger partial charge in [0.05, 0.1) is 12.7 Å². The van der Waals surface area contributed by atoms with Crippen molar-refractivity contribution >= 4 is 5.91 Å². The summed E-state index contributed by atoms with van der Waals surface area (Å²) in [5.74, 6) is -1.08. The largest absolute Gasteiger partial charge is 0.349 e. The zero-order valence-corrected chi connectivity index (χ0v) is 8.88. The summed E-state index contributed by atoms with van der Waals surface area (Å²) >= 11 is 0. The fourth-order valence-electron chi connectivity index (χ4n) is 1.26. The second kappa shape index (κ2) is 5.15. The molecule has 0 radical (unpaired) electrons. The highest BCUT2D eigenvalue weighted by atomic mass is 19.1. The van der Waals surface area contributed by atoms with E-state index in [1.807, 2.05) is 0 Å². The molecule has 1 N–H and O–H groups in total. The Labute approximate surface area is 96.5 Å². The Hall–Kier alpha value is -2.31. The van der Waals surface area contributed by atoms with Gasteiger partial charge in [-0.25, -0.2) is 4.98 Å². The summed E-state index contributed by atoms with van der Waals surface area (Å²) < 4.78 is 14.3. The number of halogens is 1. The highest BCUT2D eigenvalue weighted by Gasteiger charge is 2.06. The molecular formula is C10H10FN5O. The molecule has 0 aliphatic carbocycles. The van der Waals surface area contributed by atoms with Crippen molar-refractivity contribution in [3.05, 3.63) is 42.2 Å². The molecule has 0 unspecified atom stereocenters. The SMILES string of the molecule is O=C(NCCn1ccnn1)c1cccc(F)n1. The minimum Gasteiger partial charge on any atom is -0.349 e. The number of hydrogen-bond donors (Lipinski definition) is 1. The van der Waals surface area contributed by atoms with Gasteiger partial charge in [-0.1, -0.05) is 11.3 Å². The molecule has 2 aromatic heterocycles. The maximum atomic E-state index is 12.8. The first kappa shape index (κ1) is 11.2. The molecule has 17 heavy (non-hydrogen) atoms. The summed E-state index contributed by atoms with van der Waals surface area (Å²) in [5, 5.41) is 9.98. The van der Waals surface area contributed by atoms with Crippen molar-refractivity contribution in [2.24, 2.45) is 0 Å². The van der Waals surface area contributed by atoms with Gasteiger partial charge >= 0.3 is 0 Å². The van der Waals surface area contributed by atoms with Crippen LogP contribution < -0.4 is 5.32 Å². The molecule has 0 aliphatic heterocycles. The lowest BCUT2D eigenvalue weighted by atomic mass is 10.3. The number of carbonyl (C=O) groups excluding carboxylic acids is 1. The lowest BCUT2D eigenvalue weighted by molar-refractivity contribution is 0.0945. The fourth-order valence-corrected chi connectivity index (χ4v) is 1.26. The summed E-state index contributed by atoms with van der Waals surface area (Å²) in [6, 6.07) is 4.08. The number of nitrogens with one attached hydrogen (secondary N) is 1. The Morgan fingerprint density at radius 3 is 3.06 bits per heavy atom. The maximum absolute atomic E-state index is 12.8. The molecule has 0 saturated heterocycles. The normalized spacial score (nSPS) is 10.2. The topological polar surface area (TPSA) is 72.7 Å². The van der Waals surface area contributed by atoms with Crippen molar-refractivity contribution in [2.75, 3.05) is 6.54 Å². The Morgan fingerprint density at radius 2 is 2.35 bits per heavy atom. The fraction of sp³-hybridized carbons (Fsp3) is 0.200. The van der Waals surface area contributed by atoms with Crippen molar-refractivity contribution in [2.45, 2.75) is 6.54 Å². The first-order chi connectivity index (χ1) is 8.25. The van der Waals surface area contributed by atoms with Gasteiger partial charge in [0.25, 0.3) is 5.91 Å². The number of amides is 1. The highest BCUT2D eigenvalue weighted by Crippen LogP contribution is 1.97. The third-order valence-corrected chi connectivity index (χ3v) is 2.05. The van der Waals surface area contributed by atoms with Crippen LogP contribution in [-0.4, -0.2) is 32.4 Å². The molecule has 0 bridgehead atoms. The first-order valence-electron chi connectivity index (χ1n) is 5.00. The maximum Gasteiger partial charge on any atom is 0.270 e. The van der Waals surface area contributed by atoms with Gasteiger partial charge in [0.15, 0.2) is 0 Å². The number of rotatable bonds is 4. The molecule has 7 heteroatoms. The van der Waals surface area contributed by atoms with Crippen LogP contribution in [0.2, 0.25) is 0 Å². The third kappa shape index (κ3) is 3.07. The van der Waals surface area contributed by atoms with Crippen LogP contribution >= 0.6 is 0 Å². The highest BCUT2D eigenvalue weighted by molar-refractivity contribution is 5.92. The van der Waals surface area contributed by atoms with Crippen LogP contribution in [0.15, 0.2) is 30.6 Å². The summed E-state index contributed by atoms with van der Waals surface area (Å²) in [4.78, 5) is 15.0. The minimum absolute atomic E-state index is 0.0589. The summed E-state index contributed by atoms with van der Waals surface area (Å²) in [6.45, 7) is 0.876. The van der Waals surface area contributed by atoms with Crippen LogP contribution in [-0.2, 0) is 6.54 Å². The molecule has 0 saturated carbocycles. The molecular weight excluding hydrogens is 225 g/mol. The second-order valence-corrected chi connectivity index (χ2v) is 3.27. The Morgan fingerprint density at radius 1 is 1.47 bits per heavy atom. The quantitative estimate of drug-likeness (QED) is 0.770. The number of nitrogens with zero attached hydrogens (tertiary/aromatic N) is 4. The third-order valence-electron chi connectivity index (χ3n) is 2.05. The van der Waals surface area contributed by atoms with E-state index in [4.69, 9.17) is 0 Å². The molecule has 0 aliphatic rings. The van der Waals surface area contributed by atoms with Crippen LogP contribution in [0.1, 0.15) is 10.5 Å². The van der Waals surface area contributed by atoms with Crippen LogP contribution in [0, 0.1) is 5.95 Å². The van der Waals surface area contributed by atoms with Gasteiger partial charge < -0.3 is 5.32 Å². The minimum atomic E-state index is -0.672. The van der Waals surface area contributed by atoms with Gasteiger partial charge in [0.1, 0.15) is 5.69 Å². The van der Waals surface area contributed by atoms with Crippen molar-refractivity contribution < 1.29 is 9.18 Å². The Balaban J connectivity index is 1.85. The van der Waals surface area contributed by atoms with Gasteiger partial charge in [-0.15, -0.1) is 5.10 Å². The average Bonchev–Trinajstić information content (AvgIpc) is 2.82. The molecule has 6 nitrogen and oxygen atoms in total. The molecule has 0 aromatic carbocycles. The van der Waals surface area contributed by atoms with E-state index >= 15 is 0 Å². The van der Waals surface area contributed by atoms with Crippen LogP contribution in [0.25, 0.3) is 0 Å².